The number of piperazine rings is 1. The van der Waals surface area contributed by atoms with Crippen LogP contribution in [0.2, 0.25) is 19.6 Å². The predicted molar refractivity (Wildman–Crippen MR) is 104 cm³/mol. The summed E-state index contributed by atoms with van der Waals surface area (Å²) < 4.78 is 5.44. The van der Waals surface area contributed by atoms with Gasteiger partial charge in [-0.25, -0.2) is 4.79 Å². The maximum Gasteiger partial charge on any atom is 0.410 e. The van der Waals surface area contributed by atoms with Gasteiger partial charge in [-0.05, 0) is 26.8 Å². The van der Waals surface area contributed by atoms with E-state index in [0.29, 0.717) is 13.1 Å². The zero-order valence-corrected chi connectivity index (χ0v) is 17.2. The van der Waals surface area contributed by atoms with Crippen LogP contribution in [0.25, 0.3) is 0 Å². The molecule has 0 spiro atoms. The Balaban J connectivity index is 1.99. The van der Waals surface area contributed by atoms with Crippen LogP contribution in [-0.2, 0) is 4.74 Å². The van der Waals surface area contributed by atoms with Gasteiger partial charge in [0, 0.05) is 37.9 Å². The average Bonchev–Trinajstić information content (AvgIpc) is 2.51. The van der Waals surface area contributed by atoms with E-state index in [1.807, 2.05) is 33.2 Å². The summed E-state index contributed by atoms with van der Waals surface area (Å²) in [6.45, 7) is 15.2. The van der Waals surface area contributed by atoms with Crippen molar-refractivity contribution < 1.29 is 9.53 Å². The summed E-state index contributed by atoms with van der Waals surface area (Å²) in [6.07, 6.45) is 3.44. The number of anilines is 1. The maximum atomic E-state index is 12.1. The number of aromatic nitrogens is 1. The number of pyridine rings is 1. The van der Waals surface area contributed by atoms with Gasteiger partial charge in [-0.1, -0.05) is 25.6 Å². The standard InChI is InChI=1S/C19H29N3O2Si/c1-19(2,3)24-18(23)22-10-8-21(9-11-22)17-13-16(14-20-15-17)7-12-25(4,5)6/h13-15H,8-11H2,1-6H3. The molecule has 0 bridgehead atoms. The van der Waals surface area contributed by atoms with Crippen LogP contribution in [0.4, 0.5) is 10.5 Å². The van der Waals surface area contributed by atoms with Crippen LogP contribution in [0.5, 0.6) is 0 Å². The van der Waals surface area contributed by atoms with Gasteiger partial charge in [0.05, 0.1) is 11.9 Å². The molecule has 0 aromatic carbocycles. The highest BCUT2D eigenvalue weighted by molar-refractivity contribution is 6.83. The summed E-state index contributed by atoms with van der Waals surface area (Å²) in [5.41, 5.74) is 4.93. The molecule has 0 radical (unpaired) electrons. The Morgan fingerprint density at radius 1 is 1.16 bits per heavy atom. The van der Waals surface area contributed by atoms with E-state index in [2.05, 4.69) is 47.1 Å². The lowest BCUT2D eigenvalue weighted by molar-refractivity contribution is 0.0240. The molecule has 136 valence electrons. The van der Waals surface area contributed by atoms with Gasteiger partial charge in [0.15, 0.2) is 0 Å². The largest absolute Gasteiger partial charge is 0.444 e. The third-order valence-electron chi connectivity index (χ3n) is 3.60. The van der Waals surface area contributed by atoms with Gasteiger partial charge in [-0.3, -0.25) is 4.98 Å². The third-order valence-corrected chi connectivity index (χ3v) is 4.48. The van der Waals surface area contributed by atoms with Crippen molar-refractivity contribution in [1.82, 2.24) is 9.88 Å². The number of nitrogens with zero attached hydrogens (tertiary/aromatic N) is 3. The lowest BCUT2D eigenvalue weighted by Gasteiger charge is -2.36. The molecule has 0 atom stereocenters. The first kappa shape index (κ1) is 19.3. The maximum absolute atomic E-state index is 12.1. The van der Waals surface area contributed by atoms with E-state index in [9.17, 15) is 4.79 Å². The van der Waals surface area contributed by atoms with Crippen LogP contribution >= 0.6 is 0 Å². The van der Waals surface area contributed by atoms with Crippen molar-refractivity contribution in [3.05, 3.63) is 24.0 Å². The van der Waals surface area contributed by atoms with Crippen LogP contribution in [0, 0.1) is 11.5 Å². The number of carbonyl (C=O) groups is 1. The third kappa shape index (κ3) is 6.43. The molecule has 1 aromatic heterocycles. The molecule has 1 amide bonds. The van der Waals surface area contributed by atoms with E-state index < -0.39 is 13.7 Å². The number of hydrogen-bond donors (Lipinski definition) is 0. The summed E-state index contributed by atoms with van der Waals surface area (Å²) in [4.78, 5) is 20.5. The van der Waals surface area contributed by atoms with Crippen molar-refractivity contribution in [2.24, 2.45) is 0 Å². The minimum absolute atomic E-state index is 0.236. The topological polar surface area (TPSA) is 45.7 Å². The van der Waals surface area contributed by atoms with Crippen molar-refractivity contribution in [2.75, 3.05) is 31.1 Å². The second-order valence-corrected chi connectivity index (χ2v) is 13.1. The van der Waals surface area contributed by atoms with E-state index in [1.165, 1.54) is 0 Å². The van der Waals surface area contributed by atoms with Crippen molar-refractivity contribution in [3.8, 4) is 11.5 Å². The highest BCUT2D eigenvalue weighted by atomic mass is 28.3. The first-order valence-corrected chi connectivity index (χ1v) is 12.2. The van der Waals surface area contributed by atoms with Gasteiger partial charge in [0.1, 0.15) is 13.7 Å². The summed E-state index contributed by atoms with van der Waals surface area (Å²) in [7, 11) is -1.40. The molecule has 0 saturated carbocycles. The fourth-order valence-electron chi connectivity index (χ4n) is 2.40. The molecule has 0 unspecified atom stereocenters. The molecule has 2 rings (SSSR count). The Morgan fingerprint density at radius 2 is 1.80 bits per heavy atom. The number of carbonyl (C=O) groups excluding carboxylic acids is 1. The summed E-state index contributed by atoms with van der Waals surface area (Å²) in [5, 5.41) is 0. The lowest BCUT2D eigenvalue weighted by Crippen LogP contribution is -2.50. The molecule has 1 aliphatic heterocycles. The number of ether oxygens (including phenoxy) is 1. The highest BCUT2D eigenvalue weighted by Crippen LogP contribution is 2.18. The molecule has 5 nitrogen and oxygen atoms in total. The fourth-order valence-corrected chi connectivity index (χ4v) is 2.92. The van der Waals surface area contributed by atoms with E-state index >= 15 is 0 Å². The minimum atomic E-state index is -1.40. The summed E-state index contributed by atoms with van der Waals surface area (Å²) >= 11 is 0. The van der Waals surface area contributed by atoms with Gasteiger partial charge in [-0.15, -0.1) is 5.54 Å². The van der Waals surface area contributed by atoms with Crippen molar-refractivity contribution >= 4 is 19.9 Å². The van der Waals surface area contributed by atoms with Crippen LogP contribution < -0.4 is 4.90 Å². The normalized spacial score (nSPS) is 15.4. The van der Waals surface area contributed by atoms with Crippen LogP contribution in [0.3, 0.4) is 0 Å². The van der Waals surface area contributed by atoms with Gasteiger partial charge in [0.25, 0.3) is 0 Å². The molecule has 1 saturated heterocycles. The Morgan fingerprint density at radius 3 is 2.36 bits per heavy atom. The molecule has 25 heavy (non-hydrogen) atoms. The van der Waals surface area contributed by atoms with Crippen molar-refractivity contribution in [2.45, 2.75) is 46.0 Å². The van der Waals surface area contributed by atoms with E-state index in [-0.39, 0.29) is 6.09 Å². The van der Waals surface area contributed by atoms with Crippen molar-refractivity contribution in [3.63, 3.8) is 0 Å². The second-order valence-electron chi connectivity index (χ2n) is 8.39. The molecule has 1 aliphatic rings. The molecule has 2 heterocycles. The Labute approximate surface area is 152 Å². The summed E-state index contributed by atoms with van der Waals surface area (Å²) in [6, 6.07) is 2.09. The van der Waals surface area contributed by atoms with Crippen LogP contribution in [-0.4, -0.2) is 55.8 Å². The molecule has 0 N–H and O–H groups in total. The minimum Gasteiger partial charge on any atom is -0.444 e. The number of hydrogen-bond acceptors (Lipinski definition) is 4. The van der Waals surface area contributed by atoms with E-state index in [0.717, 1.165) is 24.3 Å². The summed E-state index contributed by atoms with van der Waals surface area (Å²) in [5.74, 6) is 3.25. The Hall–Kier alpha value is -2.00. The highest BCUT2D eigenvalue weighted by Gasteiger charge is 2.26. The molecular weight excluding hydrogens is 330 g/mol. The van der Waals surface area contributed by atoms with Gasteiger partial charge in [0.2, 0.25) is 0 Å². The first-order chi connectivity index (χ1) is 11.5. The van der Waals surface area contributed by atoms with Crippen LogP contribution in [0.15, 0.2) is 18.5 Å². The average molecular weight is 360 g/mol. The predicted octanol–water partition coefficient (Wildman–Crippen LogP) is 3.37. The van der Waals surface area contributed by atoms with E-state index in [4.69, 9.17) is 4.74 Å². The second kappa shape index (κ2) is 7.48. The molecule has 6 heteroatoms. The van der Waals surface area contributed by atoms with Gasteiger partial charge < -0.3 is 14.5 Å². The Bertz CT molecular complexity index is 672. The molecular formula is C19H29N3O2Si. The van der Waals surface area contributed by atoms with E-state index in [1.54, 1.807) is 4.90 Å². The molecule has 1 fully saturated rings. The monoisotopic (exact) mass is 359 g/mol. The molecule has 1 aromatic rings. The smallest absolute Gasteiger partial charge is 0.410 e. The quantitative estimate of drug-likeness (QED) is 0.570. The molecule has 0 aliphatic carbocycles. The Kier molecular flexibility index (Phi) is 5.78. The first-order valence-electron chi connectivity index (χ1n) is 8.75. The zero-order valence-electron chi connectivity index (χ0n) is 16.2. The number of rotatable bonds is 1. The van der Waals surface area contributed by atoms with Gasteiger partial charge in [-0.2, -0.15) is 0 Å². The van der Waals surface area contributed by atoms with Crippen LogP contribution in [0.1, 0.15) is 26.3 Å². The SMILES string of the molecule is CC(C)(C)OC(=O)N1CCN(c2cncc(C#C[Si](C)(C)C)c2)CC1. The fraction of sp³-hybridized carbons (Fsp3) is 0.579. The lowest BCUT2D eigenvalue weighted by atomic mass is 10.2. The zero-order chi connectivity index (χ0) is 18.7. The van der Waals surface area contributed by atoms with Gasteiger partial charge >= 0.3 is 6.09 Å². The van der Waals surface area contributed by atoms with Crippen molar-refractivity contribution in [1.29, 1.82) is 0 Å². The number of amides is 1.